The van der Waals surface area contributed by atoms with E-state index in [2.05, 4.69) is 5.10 Å². The van der Waals surface area contributed by atoms with Crippen LogP contribution >= 0.6 is 0 Å². The molecule has 1 fully saturated rings. The number of carbonyl (C=O) groups excluding carboxylic acids is 1. The molecule has 3 rings (SSSR count). The zero-order valence-corrected chi connectivity index (χ0v) is 12.4. The van der Waals surface area contributed by atoms with Gasteiger partial charge in [-0.15, -0.1) is 0 Å². The molecule has 1 amide bonds. The molecule has 0 aliphatic carbocycles. The molecule has 2 aromatic heterocycles. The van der Waals surface area contributed by atoms with E-state index in [1.165, 1.54) is 0 Å². The lowest BCUT2D eigenvalue weighted by atomic mass is 10.2. The molecule has 5 heteroatoms. The highest BCUT2D eigenvalue weighted by Gasteiger charge is 2.28. The number of aryl methyl sites for hydroxylation is 2. The molecule has 0 N–H and O–H groups in total. The second kappa shape index (κ2) is 6.16. The van der Waals surface area contributed by atoms with Crippen LogP contribution in [-0.2, 0) is 17.8 Å². The summed E-state index contributed by atoms with van der Waals surface area (Å²) in [6.45, 7) is 3.69. The first kappa shape index (κ1) is 13.9. The monoisotopic (exact) mass is 287 g/mol. The molecule has 0 radical (unpaired) electrons. The van der Waals surface area contributed by atoms with Crippen molar-refractivity contribution in [1.29, 1.82) is 0 Å². The van der Waals surface area contributed by atoms with Crippen LogP contribution in [-0.4, -0.2) is 33.2 Å². The van der Waals surface area contributed by atoms with Crippen molar-refractivity contribution in [2.45, 2.75) is 45.2 Å². The Morgan fingerprint density at radius 1 is 1.52 bits per heavy atom. The maximum absolute atomic E-state index is 12.4. The molecule has 3 heterocycles. The summed E-state index contributed by atoms with van der Waals surface area (Å²) in [5.41, 5.74) is 1.16. The van der Waals surface area contributed by atoms with Gasteiger partial charge in [-0.3, -0.25) is 9.48 Å². The molecule has 112 valence electrons. The van der Waals surface area contributed by atoms with Crippen LogP contribution < -0.4 is 0 Å². The predicted octanol–water partition coefficient (Wildman–Crippen LogP) is 2.41. The average Bonchev–Trinajstić information content (AvgIpc) is 3.19. The van der Waals surface area contributed by atoms with E-state index in [0.29, 0.717) is 12.8 Å². The summed E-state index contributed by atoms with van der Waals surface area (Å²) in [6, 6.07) is 4.05. The topological polar surface area (TPSA) is 51.3 Å². The number of hydrogen-bond donors (Lipinski definition) is 0. The van der Waals surface area contributed by atoms with Gasteiger partial charge in [-0.05, 0) is 37.5 Å². The Bertz CT molecular complexity index is 588. The van der Waals surface area contributed by atoms with Gasteiger partial charge in [-0.2, -0.15) is 5.10 Å². The Morgan fingerprint density at radius 3 is 3.14 bits per heavy atom. The Kier molecular flexibility index (Phi) is 4.08. The van der Waals surface area contributed by atoms with Gasteiger partial charge in [0.15, 0.2) is 0 Å². The van der Waals surface area contributed by atoms with Crippen molar-refractivity contribution in [1.82, 2.24) is 14.7 Å². The van der Waals surface area contributed by atoms with Crippen molar-refractivity contribution in [2.24, 2.45) is 0 Å². The summed E-state index contributed by atoms with van der Waals surface area (Å²) in [5, 5.41) is 4.32. The van der Waals surface area contributed by atoms with Gasteiger partial charge in [0, 0.05) is 25.6 Å². The van der Waals surface area contributed by atoms with Crippen molar-refractivity contribution in [3.63, 3.8) is 0 Å². The summed E-state index contributed by atoms with van der Waals surface area (Å²) in [6.07, 6.45) is 8.88. The SMILES string of the molecule is Cc1cnn(C[C@@H]2CCCN2C(=O)CCc2ccco2)c1. The number of rotatable bonds is 5. The van der Waals surface area contributed by atoms with Crippen LogP contribution in [0.5, 0.6) is 0 Å². The van der Waals surface area contributed by atoms with E-state index in [1.807, 2.05) is 41.0 Å². The van der Waals surface area contributed by atoms with Crippen LogP contribution in [0.2, 0.25) is 0 Å². The fraction of sp³-hybridized carbons (Fsp3) is 0.500. The maximum atomic E-state index is 12.4. The van der Waals surface area contributed by atoms with E-state index >= 15 is 0 Å². The second-order valence-electron chi connectivity index (χ2n) is 5.70. The number of furan rings is 1. The van der Waals surface area contributed by atoms with E-state index in [-0.39, 0.29) is 11.9 Å². The minimum absolute atomic E-state index is 0.220. The average molecular weight is 287 g/mol. The lowest BCUT2D eigenvalue weighted by Crippen LogP contribution is -2.38. The summed E-state index contributed by atoms with van der Waals surface area (Å²) in [4.78, 5) is 14.4. The van der Waals surface area contributed by atoms with Crippen molar-refractivity contribution in [3.05, 3.63) is 42.1 Å². The first-order valence-corrected chi connectivity index (χ1v) is 7.53. The van der Waals surface area contributed by atoms with Crippen LogP contribution in [0.25, 0.3) is 0 Å². The molecule has 1 atom stereocenters. The molecular weight excluding hydrogens is 266 g/mol. The predicted molar refractivity (Wildman–Crippen MR) is 78.7 cm³/mol. The number of likely N-dealkylation sites (tertiary alicyclic amines) is 1. The molecule has 0 bridgehead atoms. The van der Waals surface area contributed by atoms with Gasteiger partial charge in [0.05, 0.1) is 25.0 Å². The number of amides is 1. The summed E-state index contributed by atoms with van der Waals surface area (Å²) in [7, 11) is 0. The maximum Gasteiger partial charge on any atom is 0.223 e. The first-order chi connectivity index (χ1) is 10.2. The van der Waals surface area contributed by atoms with Crippen molar-refractivity contribution in [3.8, 4) is 0 Å². The minimum Gasteiger partial charge on any atom is -0.469 e. The van der Waals surface area contributed by atoms with Crippen LogP contribution in [0.3, 0.4) is 0 Å². The normalized spacial score (nSPS) is 18.3. The Hall–Kier alpha value is -2.04. The van der Waals surface area contributed by atoms with Gasteiger partial charge in [-0.1, -0.05) is 0 Å². The summed E-state index contributed by atoms with van der Waals surface area (Å²) in [5.74, 6) is 1.10. The summed E-state index contributed by atoms with van der Waals surface area (Å²) >= 11 is 0. The van der Waals surface area contributed by atoms with Gasteiger partial charge in [0.25, 0.3) is 0 Å². The lowest BCUT2D eigenvalue weighted by molar-refractivity contribution is -0.132. The molecule has 21 heavy (non-hydrogen) atoms. The van der Waals surface area contributed by atoms with Crippen LogP contribution in [0, 0.1) is 6.92 Å². The van der Waals surface area contributed by atoms with Crippen LogP contribution in [0.15, 0.2) is 35.2 Å². The molecule has 1 aliphatic heterocycles. The van der Waals surface area contributed by atoms with Crippen LogP contribution in [0.4, 0.5) is 0 Å². The Balaban J connectivity index is 1.56. The molecule has 5 nitrogen and oxygen atoms in total. The molecular formula is C16H21N3O2. The van der Waals surface area contributed by atoms with Crippen molar-refractivity contribution >= 4 is 5.91 Å². The number of nitrogens with zero attached hydrogens (tertiary/aromatic N) is 3. The molecule has 0 aromatic carbocycles. The third kappa shape index (κ3) is 3.35. The third-order valence-electron chi connectivity index (χ3n) is 4.02. The van der Waals surface area contributed by atoms with E-state index in [1.54, 1.807) is 6.26 Å². The van der Waals surface area contributed by atoms with Gasteiger partial charge in [-0.25, -0.2) is 0 Å². The minimum atomic E-state index is 0.220. The Labute approximate surface area is 124 Å². The molecule has 1 aliphatic rings. The zero-order chi connectivity index (χ0) is 14.7. The highest BCUT2D eigenvalue weighted by atomic mass is 16.3. The fourth-order valence-electron chi connectivity index (χ4n) is 2.97. The second-order valence-corrected chi connectivity index (χ2v) is 5.70. The van der Waals surface area contributed by atoms with Gasteiger partial charge in [0.1, 0.15) is 5.76 Å². The summed E-state index contributed by atoms with van der Waals surface area (Å²) < 4.78 is 7.23. The van der Waals surface area contributed by atoms with E-state index in [0.717, 1.165) is 37.3 Å². The number of aromatic nitrogens is 2. The first-order valence-electron chi connectivity index (χ1n) is 7.53. The highest BCUT2D eigenvalue weighted by Crippen LogP contribution is 2.20. The van der Waals surface area contributed by atoms with Crippen molar-refractivity contribution < 1.29 is 9.21 Å². The van der Waals surface area contributed by atoms with Gasteiger partial charge in [0.2, 0.25) is 5.91 Å². The van der Waals surface area contributed by atoms with E-state index in [9.17, 15) is 4.79 Å². The smallest absolute Gasteiger partial charge is 0.223 e. The fourth-order valence-corrected chi connectivity index (χ4v) is 2.97. The van der Waals surface area contributed by atoms with Crippen LogP contribution in [0.1, 0.15) is 30.6 Å². The lowest BCUT2D eigenvalue weighted by Gasteiger charge is -2.24. The largest absolute Gasteiger partial charge is 0.469 e. The third-order valence-corrected chi connectivity index (χ3v) is 4.02. The standard InChI is InChI=1S/C16H21N3O2/c1-13-10-17-18(11-13)12-14-4-2-8-19(14)16(20)7-6-15-5-3-9-21-15/h3,5,9-11,14H,2,4,6-8,12H2,1H3/t14-/m0/s1. The van der Waals surface area contributed by atoms with E-state index < -0.39 is 0 Å². The van der Waals surface area contributed by atoms with E-state index in [4.69, 9.17) is 4.42 Å². The molecule has 0 spiro atoms. The Morgan fingerprint density at radius 2 is 2.43 bits per heavy atom. The quantitative estimate of drug-likeness (QED) is 0.848. The number of hydrogen-bond acceptors (Lipinski definition) is 3. The van der Waals surface area contributed by atoms with Gasteiger partial charge < -0.3 is 9.32 Å². The van der Waals surface area contributed by atoms with Gasteiger partial charge >= 0.3 is 0 Å². The molecule has 0 unspecified atom stereocenters. The number of carbonyl (C=O) groups is 1. The molecule has 2 aromatic rings. The molecule has 0 saturated carbocycles. The highest BCUT2D eigenvalue weighted by molar-refractivity contribution is 5.77. The molecule has 1 saturated heterocycles. The van der Waals surface area contributed by atoms with Crippen molar-refractivity contribution in [2.75, 3.05) is 6.54 Å². The zero-order valence-electron chi connectivity index (χ0n) is 12.4.